The fraction of sp³-hybridized carbons (Fsp3) is 0.519. The van der Waals surface area contributed by atoms with Gasteiger partial charge in [-0.25, -0.2) is 14.6 Å². The van der Waals surface area contributed by atoms with Crippen LogP contribution in [0.15, 0.2) is 54.3 Å². The minimum Gasteiger partial charge on any atom is -0.481 e. The maximum absolute atomic E-state index is 12.7. The van der Waals surface area contributed by atoms with E-state index in [1.54, 1.807) is 18.2 Å². The summed E-state index contributed by atoms with van der Waals surface area (Å²) in [6, 6.07) is 3.23. The number of carbonyl (C=O) groups excluding carboxylic acids is 2. The van der Waals surface area contributed by atoms with E-state index >= 15 is 0 Å². The molecule has 2 fully saturated rings. The van der Waals surface area contributed by atoms with E-state index in [0.29, 0.717) is 30.0 Å². The number of hydrogen-bond donors (Lipinski definition) is 1. The molecule has 0 spiro atoms. The van der Waals surface area contributed by atoms with Gasteiger partial charge in [0, 0.05) is 23.6 Å². The number of ether oxygens (including phenoxy) is 3. The molecule has 7 heteroatoms. The van der Waals surface area contributed by atoms with Gasteiger partial charge in [0.05, 0.1) is 31.0 Å². The summed E-state index contributed by atoms with van der Waals surface area (Å²) in [6.45, 7) is 9.01. The number of aromatic nitrogens is 1. The highest BCUT2D eigenvalue weighted by Gasteiger charge is 2.57. The molecular weight excluding hydrogens is 434 g/mol. The Morgan fingerprint density at radius 3 is 2.79 bits per heavy atom. The quantitative estimate of drug-likeness (QED) is 0.498. The number of cyclic esters (lactones) is 1. The molecule has 5 atom stereocenters. The standard InChI is InChI=1S/C27H33NO6/c1-17-5-9-21-26(2,20(17)8-6-18-12-14-33-24(18)30)13-11-22(29)27(21,3)16-34-25(31)19-7-10-23(32-4)28-15-19/h6-8,10,12,15,20-22,29H,1,5,9,11,13-14,16H2,2-4H3/b8-6+/t20-,21+,22-,26+,27+/m1/s1. The van der Waals surface area contributed by atoms with Crippen molar-refractivity contribution in [2.24, 2.45) is 22.7 Å². The molecule has 182 valence electrons. The van der Waals surface area contributed by atoms with E-state index in [1.165, 1.54) is 13.3 Å². The zero-order chi connectivity index (χ0) is 24.5. The van der Waals surface area contributed by atoms with Crippen LogP contribution in [-0.2, 0) is 14.3 Å². The summed E-state index contributed by atoms with van der Waals surface area (Å²) < 4.78 is 15.8. The van der Waals surface area contributed by atoms with Crippen LogP contribution in [0, 0.1) is 22.7 Å². The Kier molecular flexibility index (Phi) is 6.67. The van der Waals surface area contributed by atoms with Crippen molar-refractivity contribution in [1.29, 1.82) is 0 Å². The number of nitrogens with zero attached hydrogens (tertiary/aromatic N) is 1. The topological polar surface area (TPSA) is 95.0 Å². The van der Waals surface area contributed by atoms with E-state index in [1.807, 2.05) is 13.0 Å². The predicted octanol–water partition coefficient (Wildman–Crippen LogP) is 4.04. The monoisotopic (exact) mass is 467 g/mol. The molecule has 0 radical (unpaired) electrons. The number of esters is 2. The van der Waals surface area contributed by atoms with E-state index in [9.17, 15) is 14.7 Å². The number of rotatable bonds is 6. The summed E-state index contributed by atoms with van der Waals surface area (Å²) in [7, 11) is 1.51. The minimum absolute atomic E-state index is 0.0499. The van der Waals surface area contributed by atoms with Crippen molar-refractivity contribution in [3.63, 3.8) is 0 Å². The number of allylic oxidation sites excluding steroid dienone is 2. The molecule has 2 aliphatic carbocycles. The Hall–Kier alpha value is -2.93. The van der Waals surface area contributed by atoms with Crippen molar-refractivity contribution in [2.45, 2.75) is 45.6 Å². The molecule has 0 saturated heterocycles. The second-order valence-corrected chi connectivity index (χ2v) is 10.1. The number of aliphatic hydroxyl groups is 1. The van der Waals surface area contributed by atoms with Gasteiger partial charge in [-0.3, -0.25) is 0 Å². The van der Waals surface area contributed by atoms with Gasteiger partial charge in [-0.1, -0.05) is 38.2 Å². The fourth-order valence-corrected chi connectivity index (χ4v) is 6.11. The maximum Gasteiger partial charge on any atom is 0.339 e. The first kappa shape index (κ1) is 24.2. The van der Waals surface area contributed by atoms with E-state index in [2.05, 4.69) is 24.6 Å². The molecule has 1 aliphatic heterocycles. The summed E-state index contributed by atoms with van der Waals surface area (Å²) >= 11 is 0. The lowest BCUT2D eigenvalue weighted by Crippen LogP contribution is -2.57. The summed E-state index contributed by atoms with van der Waals surface area (Å²) in [5.74, 6) is -0.198. The third kappa shape index (κ3) is 4.29. The van der Waals surface area contributed by atoms with Crippen LogP contribution in [-0.4, -0.2) is 48.5 Å². The number of methoxy groups -OCH3 is 1. The van der Waals surface area contributed by atoms with Crippen LogP contribution >= 0.6 is 0 Å². The van der Waals surface area contributed by atoms with E-state index < -0.39 is 17.5 Å². The SMILES string of the molecule is C=C1CC[C@@H]2[C@](C)(COC(=O)c3ccc(OC)nc3)[C@H](O)CC[C@@]2(C)[C@@H]1/C=C/C1=CCOC1=O. The van der Waals surface area contributed by atoms with Crippen LogP contribution in [0.5, 0.6) is 5.88 Å². The van der Waals surface area contributed by atoms with Gasteiger partial charge in [0.2, 0.25) is 5.88 Å². The number of aliphatic hydroxyl groups excluding tert-OH is 1. The van der Waals surface area contributed by atoms with Crippen molar-refractivity contribution in [3.8, 4) is 5.88 Å². The zero-order valence-electron chi connectivity index (χ0n) is 20.1. The third-order valence-corrected chi connectivity index (χ3v) is 8.13. The van der Waals surface area contributed by atoms with E-state index in [4.69, 9.17) is 14.2 Å². The van der Waals surface area contributed by atoms with Gasteiger partial charge in [0.15, 0.2) is 0 Å². The summed E-state index contributed by atoms with van der Waals surface area (Å²) in [5.41, 5.74) is 1.24. The average Bonchev–Trinajstić information content (AvgIpc) is 3.24. The van der Waals surface area contributed by atoms with Crippen LogP contribution in [0.4, 0.5) is 0 Å². The van der Waals surface area contributed by atoms with Crippen LogP contribution < -0.4 is 4.74 Å². The van der Waals surface area contributed by atoms with Crippen molar-refractivity contribution >= 4 is 11.9 Å². The normalized spacial score (nSPS) is 33.3. The molecule has 0 aromatic carbocycles. The second kappa shape index (κ2) is 9.37. The lowest BCUT2D eigenvalue weighted by atomic mass is 9.46. The zero-order valence-corrected chi connectivity index (χ0v) is 20.1. The summed E-state index contributed by atoms with van der Waals surface area (Å²) in [5, 5.41) is 11.1. The first-order chi connectivity index (χ1) is 16.2. The van der Waals surface area contributed by atoms with Crippen LogP contribution in [0.25, 0.3) is 0 Å². The average molecular weight is 468 g/mol. The fourth-order valence-electron chi connectivity index (χ4n) is 6.11. The van der Waals surface area contributed by atoms with E-state index in [-0.39, 0.29) is 29.8 Å². The lowest BCUT2D eigenvalue weighted by Gasteiger charge is -2.59. The van der Waals surface area contributed by atoms with Crippen molar-refractivity contribution in [2.75, 3.05) is 20.3 Å². The maximum atomic E-state index is 12.7. The molecule has 3 aliphatic rings. The Morgan fingerprint density at radius 1 is 1.35 bits per heavy atom. The van der Waals surface area contributed by atoms with Gasteiger partial charge in [0.1, 0.15) is 6.61 Å². The smallest absolute Gasteiger partial charge is 0.339 e. The highest BCUT2D eigenvalue weighted by atomic mass is 16.5. The summed E-state index contributed by atoms with van der Waals surface area (Å²) in [6.07, 6.45) is 9.65. The lowest BCUT2D eigenvalue weighted by molar-refractivity contribution is -0.147. The first-order valence-corrected chi connectivity index (χ1v) is 11.8. The number of hydrogen-bond acceptors (Lipinski definition) is 7. The first-order valence-electron chi connectivity index (χ1n) is 11.8. The second-order valence-electron chi connectivity index (χ2n) is 10.1. The van der Waals surface area contributed by atoms with Crippen molar-refractivity contribution < 1.29 is 28.9 Å². The molecule has 1 aromatic rings. The van der Waals surface area contributed by atoms with Crippen LogP contribution in [0.3, 0.4) is 0 Å². The van der Waals surface area contributed by atoms with Gasteiger partial charge in [-0.2, -0.15) is 0 Å². The Morgan fingerprint density at radius 2 is 2.15 bits per heavy atom. The minimum atomic E-state index is -0.610. The Bertz CT molecular complexity index is 1030. The molecule has 0 unspecified atom stereocenters. The Labute approximate surface area is 200 Å². The molecule has 2 heterocycles. The molecule has 2 saturated carbocycles. The van der Waals surface area contributed by atoms with E-state index in [0.717, 1.165) is 24.8 Å². The number of pyridine rings is 1. The molecular formula is C27H33NO6. The Balaban J connectivity index is 1.54. The van der Waals surface area contributed by atoms with Gasteiger partial charge in [-0.05, 0) is 49.2 Å². The molecule has 4 rings (SSSR count). The van der Waals surface area contributed by atoms with Crippen molar-refractivity contribution in [1.82, 2.24) is 4.98 Å². The van der Waals surface area contributed by atoms with Crippen molar-refractivity contribution in [3.05, 3.63) is 59.8 Å². The van der Waals surface area contributed by atoms with Crippen LogP contribution in [0.2, 0.25) is 0 Å². The summed E-state index contributed by atoms with van der Waals surface area (Å²) in [4.78, 5) is 28.7. The molecule has 0 amide bonds. The van der Waals surface area contributed by atoms with Gasteiger partial charge < -0.3 is 19.3 Å². The molecule has 7 nitrogen and oxygen atoms in total. The molecule has 1 aromatic heterocycles. The molecule has 1 N–H and O–H groups in total. The van der Waals surface area contributed by atoms with Gasteiger partial charge >= 0.3 is 11.9 Å². The highest BCUT2D eigenvalue weighted by molar-refractivity contribution is 5.93. The van der Waals surface area contributed by atoms with Crippen LogP contribution in [0.1, 0.15) is 49.9 Å². The predicted molar refractivity (Wildman–Crippen MR) is 126 cm³/mol. The largest absolute Gasteiger partial charge is 0.481 e. The highest BCUT2D eigenvalue weighted by Crippen LogP contribution is 2.61. The third-order valence-electron chi connectivity index (χ3n) is 8.13. The number of fused-ring (bicyclic) bond motifs is 1. The van der Waals surface area contributed by atoms with Gasteiger partial charge in [-0.15, -0.1) is 0 Å². The van der Waals surface area contributed by atoms with Gasteiger partial charge in [0.25, 0.3) is 0 Å². The molecule has 0 bridgehead atoms. The number of carbonyl (C=O) groups is 2. The molecule has 34 heavy (non-hydrogen) atoms.